The first kappa shape index (κ1) is 18.5. The van der Waals surface area contributed by atoms with Gasteiger partial charge >= 0.3 is 11.9 Å². The molecule has 0 radical (unpaired) electrons. The highest BCUT2D eigenvalue weighted by atomic mass is 16.4. The third kappa shape index (κ3) is 5.94. The molecule has 0 fully saturated rings. The first-order valence-electron chi connectivity index (χ1n) is 7.78. The molecule has 2 heterocycles. The summed E-state index contributed by atoms with van der Waals surface area (Å²) < 4.78 is 0. The molecule has 1 atom stereocenters. The zero-order valence-electron chi connectivity index (χ0n) is 13.8. The summed E-state index contributed by atoms with van der Waals surface area (Å²) in [5, 5.41) is 24.3. The number of hydrogen-bond acceptors (Lipinski definition) is 6. The van der Waals surface area contributed by atoms with Crippen LogP contribution in [0.15, 0.2) is 36.4 Å². The van der Waals surface area contributed by atoms with E-state index in [0.29, 0.717) is 31.0 Å². The van der Waals surface area contributed by atoms with E-state index >= 15 is 0 Å². The van der Waals surface area contributed by atoms with Crippen LogP contribution in [0.25, 0.3) is 0 Å². The first-order valence-corrected chi connectivity index (χ1v) is 7.78. The Balaban J connectivity index is 1.76. The Morgan fingerprint density at radius 3 is 2.00 bits per heavy atom. The van der Waals surface area contributed by atoms with Crippen LogP contribution < -0.4 is 10.6 Å². The lowest BCUT2D eigenvalue weighted by molar-refractivity contribution is 0.0679. The summed E-state index contributed by atoms with van der Waals surface area (Å²) in [5.41, 5.74) is 1.36. The van der Waals surface area contributed by atoms with Crippen molar-refractivity contribution in [1.82, 2.24) is 20.6 Å². The van der Waals surface area contributed by atoms with Crippen LogP contribution in [0.3, 0.4) is 0 Å². The molecule has 25 heavy (non-hydrogen) atoms. The molecular weight excluding hydrogens is 324 g/mol. The monoisotopic (exact) mass is 344 g/mol. The Morgan fingerprint density at radius 2 is 1.48 bits per heavy atom. The van der Waals surface area contributed by atoms with E-state index in [2.05, 4.69) is 20.6 Å². The Labute approximate surface area is 144 Å². The number of aromatic nitrogens is 2. The quantitative estimate of drug-likeness (QED) is 0.534. The highest BCUT2D eigenvalue weighted by Crippen LogP contribution is 2.01. The Bertz CT molecular complexity index is 751. The summed E-state index contributed by atoms with van der Waals surface area (Å²) in [6, 6.07) is 9.87. The van der Waals surface area contributed by atoms with E-state index < -0.39 is 11.9 Å². The first-order chi connectivity index (χ1) is 12.0. The van der Waals surface area contributed by atoms with Crippen LogP contribution in [0, 0.1) is 0 Å². The number of aromatic carboxylic acids is 2. The summed E-state index contributed by atoms with van der Waals surface area (Å²) in [5.74, 6) is -2.10. The number of nitrogens with one attached hydrogen (secondary N) is 2. The van der Waals surface area contributed by atoms with Crippen molar-refractivity contribution in [2.75, 3.05) is 6.54 Å². The summed E-state index contributed by atoms with van der Waals surface area (Å²) in [7, 11) is 0. The zero-order valence-corrected chi connectivity index (χ0v) is 13.8. The number of pyridine rings is 2. The predicted molar refractivity (Wildman–Crippen MR) is 90.4 cm³/mol. The highest BCUT2D eigenvalue weighted by molar-refractivity contribution is 5.85. The molecule has 2 aromatic heterocycles. The number of nitrogens with zero attached hydrogens (tertiary/aromatic N) is 2. The Morgan fingerprint density at radius 1 is 0.960 bits per heavy atom. The normalized spacial score (nSPS) is 11.9. The standard InChI is InChI=1S/C17H20N4O4/c1-11(19-10-13-5-3-7-15(21-13)17(24)25)8-18-9-12-4-2-6-14(20-12)16(22)23/h2-7,11,18-19H,8-10H2,1H3,(H,22,23)(H,24,25). The van der Waals surface area contributed by atoms with Crippen LogP contribution in [0.1, 0.15) is 39.3 Å². The molecule has 8 heteroatoms. The molecule has 0 amide bonds. The fraction of sp³-hybridized carbons (Fsp3) is 0.294. The van der Waals surface area contributed by atoms with E-state index in [0.717, 1.165) is 0 Å². The van der Waals surface area contributed by atoms with Crippen LogP contribution in [-0.2, 0) is 13.1 Å². The highest BCUT2D eigenvalue weighted by Gasteiger charge is 2.08. The predicted octanol–water partition coefficient (Wildman–Crippen LogP) is 1.14. The molecule has 0 bridgehead atoms. The maximum absolute atomic E-state index is 10.9. The fourth-order valence-electron chi connectivity index (χ4n) is 2.16. The van der Waals surface area contributed by atoms with Crippen molar-refractivity contribution in [3.63, 3.8) is 0 Å². The minimum absolute atomic E-state index is 0.0227. The summed E-state index contributed by atoms with van der Waals surface area (Å²) in [6.45, 7) is 3.53. The van der Waals surface area contributed by atoms with Gasteiger partial charge in [-0.3, -0.25) is 0 Å². The van der Waals surface area contributed by atoms with Crippen molar-refractivity contribution in [1.29, 1.82) is 0 Å². The second-order valence-corrected chi connectivity index (χ2v) is 5.55. The van der Waals surface area contributed by atoms with Crippen LogP contribution in [0.5, 0.6) is 0 Å². The number of carboxylic acids is 2. The molecule has 0 aliphatic rings. The van der Waals surface area contributed by atoms with Crippen molar-refractivity contribution >= 4 is 11.9 Å². The molecule has 2 aromatic rings. The summed E-state index contributed by atoms with van der Waals surface area (Å²) in [4.78, 5) is 29.9. The van der Waals surface area contributed by atoms with Crippen molar-refractivity contribution in [3.05, 3.63) is 59.2 Å². The second-order valence-electron chi connectivity index (χ2n) is 5.55. The van der Waals surface area contributed by atoms with Gasteiger partial charge in [-0.15, -0.1) is 0 Å². The second kappa shape index (κ2) is 8.86. The van der Waals surface area contributed by atoms with E-state index in [1.54, 1.807) is 24.3 Å². The third-order valence-electron chi connectivity index (χ3n) is 3.44. The van der Waals surface area contributed by atoms with Gasteiger partial charge in [0.1, 0.15) is 11.4 Å². The number of hydrogen-bond donors (Lipinski definition) is 4. The van der Waals surface area contributed by atoms with Gasteiger partial charge in [0.05, 0.1) is 11.4 Å². The van der Waals surface area contributed by atoms with Crippen LogP contribution in [-0.4, -0.2) is 44.7 Å². The number of carbonyl (C=O) groups is 2. The molecule has 0 spiro atoms. The lowest BCUT2D eigenvalue weighted by Crippen LogP contribution is -2.36. The van der Waals surface area contributed by atoms with E-state index in [4.69, 9.17) is 10.2 Å². The average Bonchev–Trinajstić information content (AvgIpc) is 2.60. The molecule has 0 aliphatic heterocycles. The molecule has 1 unspecified atom stereocenters. The van der Waals surface area contributed by atoms with Gasteiger partial charge in [-0.1, -0.05) is 12.1 Å². The van der Waals surface area contributed by atoms with Gasteiger partial charge in [-0.05, 0) is 31.2 Å². The van der Waals surface area contributed by atoms with Crippen molar-refractivity contribution in [2.45, 2.75) is 26.1 Å². The molecule has 0 saturated heterocycles. The van der Waals surface area contributed by atoms with Gasteiger partial charge in [0.15, 0.2) is 0 Å². The molecule has 4 N–H and O–H groups in total. The Hall–Kier alpha value is -2.84. The fourth-order valence-corrected chi connectivity index (χ4v) is 2.16. The molecule has 2 rings (SSSR count). The smallest absolute Gasteiger partial charge is 0.354 e. The van der Waals surface area contributed by atoms with E-state index in [-0.39, 0.29) is 17.4 Å². The topological polar surface area (TPSA) is 124 Å². The van der Waals surface area contributed by atoms with Gasteiger partial charge in [0.25, 0.3) is 0 Å². The van der Waals surface area contributed by atoms with Crippen molar-refractivity contribution in [2.24, 2.45) is 0 Å². The minimum Gasteiger partial charge on any atom is -0.477 e. The van der Waals surface area contributed by atoms with Crippen LogP contribution >= 0.6 is 0 Å². The molecule has 0 saturated carbocycles. The van der Waals surface area contributed by atoms with Crippen LogP contribution in [0.4, 0.5) is 0 Å². The van der Waals surface area contributed by atoms with Gasteiger partial charge in [-0.25, -0.2) is 19.6 Å². The lowest BCUT2D eigenvalue weighted by Gasteiger charge is -2.14. The minimum atomic E-state index is -1.05. The van der Waals surface area contributed by atoms with Gasteiger partial charge in [-0.2, -0.15) is 0 Å². The lowest BCUT2D eigenvalue weighted by atomic mass is 10.2. The molecular formula is C17H20N4O4. The van der Waals surface area contributed by atoms with Gasteiger partial charge < -0.3 is 20.8 Å². The molecule has 132 valence electrons. The maximum Gasteiger partial charge on any atom is 0.354 e. The summed E-state index contributed by atoms with van der Waals surface area (Å²) >= 11 is 0. The van der Waals surface area contributed by atoms with E-state index in [9.17, 15) is 9.59 Å². The van der Waals surface area contributed by atoms with Crippen molar-refractivity contribution in [3.8, 4) is 0 Å². The van der Waals surface area contributed by atoms with Crippen LogP contribution in [0.2, 0.25) is 0 Å². The summed E-state index contributed by atoms with van der Waals surface area (Å²) in [6.07, 6.45) is 0. The molecule has 8 nitrogen and oxygen atoms in total. The van der Waals surface area contributed by atoms with Crippen molar-refractivity contribution < 1.29 is 19.8 Å². The SMILES string of the molecule is CC(CNCc1cccc(C(=O)O)n1)NCc1cccc(C(=O)O)n1. The van der Waals surface area contributed by atoms with E-state index in [1.165, 1.54) is 12.1 Å². The maximum atomic E-state index is 10.9. The Kier molecular flexibility index (Phi) is 6.55. The number of carboxylic acid groups (broad SMARTS) is 2. The average molecular weight is 344 g/mol. The third-order valence-corrected chi connectivity index (χ3v) is 3.44. The van der Waals surface area contributed by atoms with E-state index in [1.807, 2.05) is 6.92 Å². The molecule has 0 aliphatic carbocycles. The number of rotatable bonds is 9. The van der Waals surface area contributed by atoms with Gasteiger partial charge in [0, 0.05) is 25.7 Å². The van der Waals surface area contributed by atoms with Gasteiger partial charge in [0.2, 0.25) is 0 Å². The zero-order chi connectivity index (χ0) is 18.2. The molecule has 0 aromatic carbocycles. The largest absolute Gasteiger partial charge is 0.477 e.